The Morgan fingerprint density at radius 2 is 2.62 bits per heavy atom. The standard InChI is InChI=1S/C9H14N4O2S/c1-12(6-7-3-2-4-10-7)9-11-5-8(16-9)13(14)15/h5,7,10H,2-4,6H2,1H3. The van der Waals surface area contributed by atoms with E-state index in [2.05, 4.69) is 10.3 Å². The zero-order valence-electron chi connectivity index (χ0n) is 9.05. The fourth-order valence-electron chi connectivity index (χ4n) is 1.84. The SMILES string of the molecule is CN(CC1CCCN1)c1ncc([N+](=O)[O-])s1. The maximum absolute atomic E-state index is 10.5. The highest BCUT2D eigenvalue weighted by molar-refractivity contribution is 7.18. The number of likely N-dealkylation sites (N-methyl/N-ethyl adjacent to an activating group) is 1. The van der Waals surface area contributed by atoms with E-state index in [9.17, 15) is 10.1 Å². The van der Waals surface area contributed by atoms with Crippen molar-refractivity contribution in [1.82, 2.24) is 10.3 Å². The minimum absolute atomic E-state index is 0.0984. The van der Waals surface area contributed by atoms with Gasteiger partial charge in [0.25, 0.3) is 0 Å². The highest BCUT2D eigenvalue weighted by atomic mass is 32.1. The Hall–Kier alpha value is -1.21. The van der Waals surface area contributed by atoms with Crippen LogP contribution < -0.4 is 10.2 Å². The van der Waals surface area contributed by atoms with E-state index in [0.717, 1.165) is 30.8 Å². The average Bonchev–Trinajstić information content (AvgIpc) is 2.86. The molecular formula is C9H14N4O2S. The third-order valence-electron chi connectivity index (χ3n) is 2.64. The molecule has 0 amide bonds. The molecule has 1 N–H and O–H groups in total. The average molecular weight is 242 g/mol. The van der Waals surface area contributed by atoms with Gasteiger partial charge >= 0.3 is 5.00 Å². The monoisotopic (exact) mass is 242 g/mol. The van der Waals surface area contributed by atoms with E-state index in [4.69, 9.17) is 0 Å². The van der Waals surface area contributed by atoms with Crippen molar-refractivity contribution in [1.29, 1.82) is 0 Å². The zero-order chi connectivity index (χ0) is 11.5. The number of nitrogens with zero attached hydrogens (tertiary/aromatic N) is 3. The molecular weight excluding hydrogens is 228 g/mol. The molecule has 1 aromatic rings. The van der Waals surface area contributed by atoms with Crippen molar-refractivity contribution >= 4 is 21.5 Å². The number of nitrogens with one attached hydrogen (secondary N) is 1. The van der Waals surface area contributed by atoms with Crippen LogP contribution in [0.1, 0.15) is 12.8 Å². The first-order chi connectivity index (χ1) is 7.66. The summed E-state index contributed by atoms with van der Waals surface area (Å²) in [6.07, 6.45) is 3.69. The van der Waals surface area contributed by atoms with Gasteiger partial charge in [-0.1, -0.05) is 0 Å². The molecule has 0 aliphatic carbocycles. The predicted molar refractivity (Wildman–Crippen MR) is 63.1 cm³/mol. The Kier molecular flexibility index (Phi) is 3.35. The van der Waals surface area contributed by atoms with Gasteiger partial charge in [0.1, 0.15) is 6.20 Å². The lowest BCUT2D eigenvalue weighted by atomic mass is 10.2. The van der Waals surface area contributed by atoms with Crippen molar-refractivity contribution in [3.8, 4) is 0 Å². The second-order valence-corrected chi connectivity index (χ2v) is 4.90. The summed E-state index contributed by atoms with van der Waals surface area (Å²) in [5, 5.41) is 14.7. The third kappa shape index (κ3) is 2.48. The number of nitro groups is 1. The quantitative estimate of drug-likeness (QED) is 0.635. The van der Waals surface area contributed by atoms with Gasteiger partial charge in [0.15, 0.2) is 5.13 Å². The molecule has 1 aliphatic heterocycles. The molecule has 1 fully saturated rings. The molecule has 1 unspecified atom stereocenters. The van der Waals surface area contributed by atoms with Gasteiger partial charge in [0.05, 0.1) is 4.92 Å². The third-order valence-corrected chi connectivity index (χ3v) is 3.71. The molecule has 0 spiro atoms. The summed E-state index contributed by atoms with van der Waals surface area (Å²) in [5.74, 6) is 0. The van der Waals surface area contributed by atoms with E-state index < -0.39 is 4.92 Å². The molecule has 2 rings (SSSR count). The highest BCUT2D eigenvalue weighted by Crippen LogP contribution is 2.27. The van der Waals surface area contributed by atoms with Crippen LogP contribution in [0.2, 0.25) is 0 Å². The van der Waals surface area contributed by atoms with Gasteiger partial charge in [0, 0.05) is 19.6 Å². The zero-order valence-corrected chi connectivity index (χ0v) is 9.87. The van der Waals surface area contributed by atoms with Crippen molar-refractivity contribution in [2.75, 3.05) is 25.0 Å². The second kappa shape index (κ2) is 4.75. The summed E-state index contributed by atoms with van der Waals surface area (Å²) in [6, 6.07) is 0.480. The molecule has 2 heterocycles. The van der Waals surface area contributed by atoms with Crippen LogP contribution in [-0.2, 0) is 0 Å². The summed E-state index contributed by atoms with van der Waals surface area (Å²) < 4.78 is 0. The topological polar surface area (TPSA) is 71.3 Å². The lowest BCUT2D eigenvalue weighted by Crippen LogP contribution is -2.35. The maximum Gasteiger partial charge on any atom is 0.345 e. The first-order valence-electron chi connectivity index (χ1n) is 5.21. The van der Waals surface area contributed by atoms with Gasteiger partial charge in [0.2, 0.25) is 0 Å². The van der Waals surface area contributed by atoms with Gasteiger partial charge in [-0.15, -0.1) is 0 Å². The van der Waals surface area contributed by atoms with Crippen LogP contribution in [0, 0.1) is 10.1 Å². The number of hydrogen-bond donors (Lipinski definition) is 1. The fourth-order valence-corrected chi connectivity index (χ4v) is 2.54. The number of thiazole rings is 1. The summed E-state index contributed by atoms with van der Waals surface area (Å²) >= 11 is 1.12. The summed E-state index contributed by atoms with van der Waals surface area (Å²) in [5.41, 5.74) is 0. The summed E-state index contributed by atoms with van der Waals surface area (Å²) in [7, 11) is 1.92. The molecule has 0 aromatic carbocycles. The Balaban J connectivity index is 1.96. The molecule has 16 heavy (non-hydrogen) atoms. The van der Waals surface area contributed by atoms with E-state index in [0.29, 0.717) is 11.2 Å². The van der Waals surface area contributed by atoms with Gasteiger partial charge in [-0.25, -0.2) is 4.98 Å². The van der Waals surface area contributed by atoms with Crippen LogP contribution in [0.3, 0.4) is 0 Å². The lowest BCUT2D eigenvalue weighted by molar-refractivity contribution is -0.380. The molecule has 1 saturated heterocycles. The summed E-state index contributed by atoms with van der Waals surface area (Å²) in [6.45, 7) is 1.92. The molecule has 1 atom stereocenters. The molecule has 1 aromatic heterocycles. The van der Waals surface area contributed by atoms with Crippen LogP contribution in [-0.4, -0.2) is 36.1 Å². The number of aromatic nitrogens is 1. The summed E-state index contributed by atoms with van der Waals surface area (Å²) in [4.78, 5) is 16.2. The van der Waals surface area contributed by atoms with Gasteiger partial charge < -0.3 is 10.2 Å². The first-order valence-corrected chi connectivity index (χ1v) is 6.03. The van der Waals surface area contributed by atoms with Crippen molar-refractivity contribution in [2.24, 2.45) is 0 Å². The van der Waals surface area contributed by atoms with Crippen LogP contribution >= 0.6 is 11.3 Å². The predicted octanol–water partition coefficient (Wildman–Crippen LogP) is 1.24. The number of rotatable bonds is 4. The van der Waals surface area contributed by atoms with Crippen molar-refractivity contribution in [3.63, 3.8) is 0 Å². The van der Waals surface area contributed by atoms with E-state index in [1.807, 2.05) is 11.9 Å². The van der Waals surface area contributed by atoms with Crippen molar-refractivity contribution in [3.05, 3.63) is 16.3 Å². The molecule has 0 saturated carbocycles. The Morgan fingerprint density at radius 1 is 1.81 bits per heavy atom. The number of anilines is 1. The van der Waals surface area contributed by atoms with E-state index >= 15 is 0 Å². The van der Waals surface area contributed by atoms with Gasteiger partial charge in [-0.2, -0.15) is 0 Å². The highest BCUT2D eigenvalue weighted by Gasteiger charge is 2.19. The van der Waals surface area contributed by atoms with Gasteiger partial charge in [-0.3, -0.25) is 10.1 Å². The van der Waals surface area contributed by atoms with Crippen LogP contribution in [0.5, 0.6) is 0 Å². The minimum atomic E-state index is -0.400. The van der Waals surface area contributed by atoms with E-state index in [1.54, 1.807) is 0 Å². The Bertz CT molecular complexity index is 375. The molecule has 0 bridgehead atoms. The Morgan fingerprint density at radius 3 is 3.19 bits per heavy atom. The minimum Gasteiger partial charge on any atom is -0.349 e. The molecule has 0 radical (unpaired) electrons. The second-order valence-electron chi connectivity index (χ2n) is 3.91. The molecule has 88 valence electrons. The largest absolute Gasteiger partial charge is 0.349 e. The maximum atomic E-state index is 10.5. The van der Waals surface area contributed by atoms with Gasteiger partial charge in [-0.05, 0) is 30.7 Å². The molecule has 7 heteroatoms. The normalized spacial score (nSPS) is 19.9. The van der Waals surface area contributed by atoms with Crippen molar-refractivity contribution < 1.29 is 4.92 Å². The first kappa shape index (κ1) is 11.3. The van der Waals surface area contributed by atoms with Crippen LogP contribution in [0.4, 0.5) is 10.1 Å². The smallest absolute Gasteiger partial charge is 0.345 e. The number of hydrogen-bond acceptors (Lipinski definition) is 6. The van der Waals surface area contributed by atoms with Crippen LogP contribution in [0.15, 0.2) is 6.20 Å². The Labute approximate surface area is 97.4 Å². The van der Waals surface area contributed by atoms with E-state index in [1.165, 1.54) is 12.6 Å². The van der Waals surface area contributed by atoms with E-state index in [-0.39, 0.29) is 5.00 Å². The molecule has 6 nitrogen and oxygen atoms in total. The molecule has 1 aliphatic rings. The van der Waals surface area contributed by atoms with Crippen LogP contribution in [0.25, 0.3) is 0 Å². The fraction of sp³-hybridized carbons (Fsp3) is 0.667. The van der Waals surface area contributed by atoms with Crippen molar-refractivity contribution in [2.45, 2.75) is 18.9 Å². The lowest BCUT2D eigenvalue weighted by Gasteiger charge is -2.19.